The lowest BCUT2D eigenvalue weighted by Crippen LogP contribution is -2.04. The zero-order valence-corrected chi connectivity index (χ0v) is 11.7. The molecule has 1 aliphatic rings. The Balaban J connectivity index is 1.73. The largest absolute Gasteiger partial charge is 0.388 e. The summed E-state index contributed by atoms with van der Waals surface area (Å²) in [6.07, 6.45) is 2.91. The number of aromatic nitrogens is 1. The second kappa shape index (κ2) is 5.73. The van der Waals surface area contributed by atoms with E-state index in [1.54, 1.807) is 0 Å². The third kappa shape index (κ3) is 2.74. The van der Waals surface area contributed by atoms with Crippen LogP contribution in [0, 0.1) is 0 Å². The van der Waals surface area contributed by atoms with Crippen molar-refractivity contribution >= 4 is 0 Å². The number of fused-ring (bicyclic) bond motifs is 1. The van der Waals surface area contributed by atoms with Gasteiger partial charge in [-0.25, -0.2) is 0 Å². The normalized spacial score (nSPS) is 15.1. The molecule has 3 rings (SSSR count). The number of nitrogens with zero attached hydrogens (tertiary/aromatic N) is 1. The standard InChI is InChI=1S/C17H19NO2/c1-2-12-3-6-16(18-9-12)8-17(19)13-4-5-14-10-20-11-15(14)7-13/h3-7,9,17,19H,2,8,10-11H2,1H3. The molecule has 0 aliphatic carbocycles. The number of benzene rings is 1. The second-order valence-electron chi connectivity index (χ2n) is 5.25. The molecule has 0 bridgehead atoms. The Hall–Kier alpha value is -1.71. The predicted octanol–water partition coefficient (Wildman–Crippen LogP) is 2.95. The zero-order valence-electron chi connectivity index (χ0n) is 11.7. The topological polar surface area (TPSA) is 42.4 Å². The number of hydrogen-bond donors (Lipinski definition) is 1. The van der Waals surface area contributed by atoms with Gasteiger partial charge < -0.3 is 9.84 Å². The van der Waals surface area contributed by atoms with Crippen molar-refractivity contribution in [1.29, 1.82) is 0 Å². The number of aliphatic hydroxyl groups is 1. The van der Waals surface area contributed by atoms with Crippen LogP contribution in [0.5, 0.6) is 0 Å². The fourth-order valence-corrected chi connectivity index (χ4v) is 2.50. The van der Waals surface area contributed by atoms with Gasteiger partial charge in [0.05, 0.1) is 19.3 Å². The molecule has 1 aliphatic heterocycles. The first-order valence-electron chi connectivity index (χ1n) is 7.07. The van der Waals surface area contributed by atoms with Gasteiger partial charge in [0.25, 0.3) is 0 Å². The van der Waals surface area contributed by atoms with E-state index in [2.05, 4.69) is 24.0 Å². The quantitative estimate of drug-likeness (QED) is 0.928. The molecular weight excluding hydrogens is 250 g/mol. The van der Waals surface area contributed by atoms with Crippen LogP contribution in [0.2, 0.25) is 0 Å². The van der Waals surface area contributed by atoms with Crippen molar-refractivity contribution < 1.29 is 9.84 Å². The average molecular weight is 269 g/mol. The monoisotopic (exact) mass is 269 g/mol. The maximum Gasteiger partial charge on any atom is 0.0845 e. The van der Waals surface area contributed by atoms with Gasteiger partial charge in [-0.3, -0.25) is 4.98 Å². The molecule has 0 fully saturated rings. The van der Waals surface area contributed by atoms with E-state index in [4.69, 9.17) is 4.74 Å². The molecule has 1 aromatic heterocycles. The number of hydrogen-bond acceptors (Lipinski definition) is 3. The summed E-state index contributed by atoms with van der Waals surface area (Å²) < 4.78 is 5.40. The van der Waals surface area contributed by atoms with E-state index in [1.165, 1.54) is 16.7 Å². The predicted molar refractivity (Wildman–Crippen MR) is 77.2 cm³/mol. The Morgan fingerprint density at radius 2 is 2.05 bits per heavy atom. The highest BCUT2D eigenvalue weighted by molar-refractivity contribution is 5.34. The molecule has 20 heavy (non-hydrogen) atoms. The van der Waals surface area contributed by atoms with Gasteiger partial charge in [-0.15, -0.1) is 0 Å². The minimum atomic E-state index is -0.513. The molecule has 0 saturated carbocycles. The summed E-state index contributed by atoms with van der Waals surface area (Å²) in [5, 5.41) is 10.4. The maximum atomic E-state index is 10.4. The molecule has 1 atom stereocenters. The van der Waals surface area contributed by atoms with Crippen LogP contribution < -0.4 is 0 Å². The number of pyridine rings is 1. The molecule has 0 radical (unpaired) electrons. The van der Waals surface area contributed by atoms with Crippen molar-refractivity contribution in [3.8, 4) is 0 Å². The Kier molecular flexibility index (Phi) is 3.81. The van der Waals surface area contributed by atoms with Crippen LogP contribution in [0.15, 0.2) is 36.5 Å². The van der Waals surface area contributed by atoms with Crippen molar-refractivity contribution in [2.45, 2.75) is 39.1 Å². The third-order valence-corrected chi connectivity index (χ3v) is 3.83. The average Bonchev–Trinajstić information content (AvgIpc) is 2.95. The number of rotatable bonds is 4. The molecular formula is C17H19NO2. The maximum absolute atomic E-state index is 10.4. The van der Waals surface area contributed by atoms with Crippen LogP contribution in [0.3, 0.4) is 0 Å². The molecule has 3 heteroatoms. The zero-order chi connectivity index (χ0) is 13.9. The van der Waals surface area contributed by atoms with Crippen molar-refractivity contribution in [3.05, 3.63) is 64.5 Å². The molecule has 104 valence electrons. The van der Waals surface area contributed by atoms with Gasteiger partial charge >= 0.3 is 0 Å². The molecule has 1 N–H and O–H groups in total. The van der Waals surface area contributed by atoms with Gasteiger partial charge in [-0.05, 0) is 34.7 Å². The number of aryl methyl sites for hydroxylation is 1. The lowest BCUT2D eigenvalue weighted by molar-refractivity contribution is 0.134. The fourth-order valence-electron chi connectivity index (χ4n) is 2.50. The van der Waals surface area contributed by atoms with E-state index in [0.29, 0.717) is 19.6 Å². The summed E-state index contributed by atoms with van der Waals surface area (Å²) in [7, 11) is 0. The van der Waals surface area contributed by atoms with Crippen molar-refractivity contribution in [2.24, 2.45) is 0 Å². The second-order valence-corrected chi connectivity index (χ2v) is 5.25. The smallest absolute Gasteiger partial charge is 0.0845 e. The van der Waals surface area contributed by atoms with E-state index < -0.39 is 6.10 Å². The van der Waals surface area contributed by atoms with Gasteiger partial charge in [0, 0.05) is 18.3 Å². The van der Waals surface area contributed by atoms with Crippen molar-refractivity contribution in [1.82, 2.24) is 4.98 Å². The highest BCUT2D eigenvalue weighted by Gasteiger charge is 2.15. The van der Waals surface area contributed by atoms with Crippen LogP contribution in [-0.2, 0) is 30.8 Å². The number of aliphatic hydroxyl groups excluding tert-OH is 1. The van der Waals surface area contributed by atoms with Gasteiger partial charge in [-0.2, -0.15) is 0 Å². The Bertz CT molecular complexity index is 592. The minimum Gasteiger partial charge on any atom is -0.388 e. The SMILES string of the molecule is CCc1ccc(CC(O)c2ccc3c(c2)COC3)nc1. The molecule has 3 nitrogen and oxygen atoms in total. The van der Waals surface area contributed by atoms with E-state index in [9.17, 15) is 5.11 Å². The number of ether oxygens (including phenoxy) is 1. The summed E-state index contributed by atoms with van der Waals surface area (Å²) in [5.41, 5.74) is 5.50. The molecule has 0 spiro atoms. The molecule has 0 amide bonds. The van der Waals surface area contributed by atoms with Gasteiger partial charge in [0.2, 0.25) is 0 Å². The first kappa shape index (κ1) is 13.3. The van der Waals surface area contributed by atoms with Crippen LogP contribution >= 0.6 is 0 Å². The third-order valence-electron chi connectivity index (χ3n) is 3.83. The van der Waals surface area contributed by atoms with Gasteiger partial charge in [0.15, 0.2) is 0 Å². The Morgan fingerprint density at radius 1 is 1.20 bits per heavy atom. The van der Waals surface area contributed by atoms with Gasteiger partial charge in [-0.1, -0.05) is 31.2 Å². The van der Waals surface area contributed by atoms with E-state index >= 15 is 0 Å². The van der Waals surface area contributed by atoms with Crippen molar-refractivity contribution in [3.63, 3.8) is 0 Å². The highest BCUT2D eigenvalue weighted by Crippen LogP contribution is 2.25. The first-order chi connectivity index (χ1) is 9.76. The minimum absolute atomic E-state index is 0.513. The molecule has 1 aromatic carbocycles. The summed E-state index contributed by atoms with van der Waals surface area (Å²) >= 11 is 0. The van der Waals surface area contributed by atoms with Crippen LogP contribution in [0.25, 0.3) is 0 Å². The van der Waals surface area contributed by atoms with Crippen molar-refractivity contribution in [2.75, 3.05) is 0 Å². The van der Waals surface area contributed by atoms with E-state index in [-0.39, 0.29) is 0 Å². The highest BCUT2D eigenvalue weighted by atomic mass is 16.5. The lowest BCUT2D eigenvalue weighted by atomic mass is 9.99. The molecule has 0 saturated heterocycles. The first-order valence-corrected chi connectivity index (χ1v) is 7.07. The Morgan fingerprint density at radius 3 is 2.80 bits per heavy atom. The molecule has 2 aromatic rings. The summed E-state index contributed by atoms with van der Waals surface area (Å²) in [5.74, 6) is 0. The van der Waals surface area contributed by atoms with Crippen LogP contribution in [0.1, 0.15) is 41.0 Å². The summed E-state index contributed by atoms with van der Waals surface area (Å²) in [4.78, 5) is 4.40. The summed E-state index contributed by atoms with van der Waals surface area (Å²) in [6, 6.07) is 10.2. The summed E-state index contributed by atoms with van der Waals surface area (Å²) in [6.45, 7) is 3.45. The fraction of sp³-hybridized carbons (Fsp3) is 0.353. The van der Waals surface area contributed by atoms with Gasteiger partial charge in [0.1, 0.15) is 0 Å². The Labute approximate surface area is 119 Å². The van der Waals surface area contributed by atoms with E-state index in [0.717, 1.165) is 17.7 Å². The van der Waals surface area contributed by atoms with E-state index in [1.807, 2.05) is 24.4 Å². The van der Waals surface area contributed by atoms with Crippen LogP contribution in [-0.4, -0.2) is 10.1 Å². The lowest BCUT2D eigenvalue weighted by Gasteiger charge is -2.12. The molecule has 1 unspecified atom stereocenters. The molecule has 2 heterocycles. The van der Waals surface area contributed by atoms with Crippen LogP contribution in [0.4, 0.5) is 0 Å².